The van der Waals surface area contributed by atoms with E-state index in [0.29, 0.717) is 11.4 Å². The molecule has 82 valence electrons. The third-order valence-corrected chi connectivity index (χ3v) is 4.47. The van der Waals surface area contributed by atoms with Crippen LogP contribution in [-0.2, 0) is 0 Å². The number of nitrogens with one attached hydrogen (secondary N) is 2. The Hall–Kier alpha value is 0.700. The van der Waals surface area contributed by atoms with Gasteiger partial charge < -0.3 is 10.6 Å². The first-order valence-electron chi connectivity index (χ1n) is 5.66. The van der Waals surface area contributed by atoms with Gasteiger partial charge in [0.2, 0.25) is 0 Å². The van der Waals surface area contributed by atoms with Crippen LogP contribution in [0.15, 0.2) is 0 Å². The summed E-state index contributed by atoms with van der Waals surface area (Å²) in [6.07, 6.45) is 6.04. The van der Waals surface area contributed by atoms with Crippen LogP contribution in [0.4, 0.5) is 0 Å². The van der Waals surface area contributed by atoms with Crippen molar-refractivity contribution in [3.8, 4) is 0 Å². The molecule has 0 aromatic rings. The lowest BCUT2D eigenvalue weighted by Crippen LogP contribution is -2.57. The third-order valence-electron chi connectivity index (χ3n) is 3.43. The van der Waals surface area contributed by atoms with Crippen molar-refractivity contribution in [1.29, 1.82) is 0 Å². The molecule has 4 heteroatoms. The van der Waals surface area contributed by atoms with Crippen LogP contribution >= 0.6 is 21.9 Å². The fourth-order valence-corrected chi connectivity index (χ4v) is 3.08. The number of rotatable bonds is 1. The van der Waals surface area contributed by atoms with E-state index in [0.717, 1.165) is 24.7 Å². The summed E-state index contributed by atoms with van der Waals surface area (Å²) in [5.41, 5.74) is 0.868. The SMILES string of the molecule is PC1CCC(C2NCC(S)CN2)CC1. The Morgan fingerprint density at radius 1 is 1.00 bits per heavy atom. The van der Waals surface area contributed by atoms with Crippen molar-refractivity contribution < 1.29 is 0 Å². The van der Waals surface area contributed by atoms with Gasteiger partial charge in [0, 0.05) is 18.3 Å². The zero-order valence-corrected chi connectivity index (χ0v) is 10.6. The van der Waals surface area contributed by atoms with E-state index in [2.05, 4.69) is 32.5 Å². The summed E-state index contributed by atoms with van der Waals surface area (Å²) in [5, 5.41) is 7.61. The van der Waals surface area contributed by atoms with Crippen LogP contribution in [0.5, 0.6) is 0 Å². The van der Waals surface area contributed by atoms with Crippen LogP contribution in [0.25, 0.3) is 0 Å². The van der Waals surface area contributed by atoms with Gasteiger partial charge in [-0.3, -0.25) is 0 Å². The van der Waals surface area contributed by atoms with Crippen LogP contribution in [0.1, 0.15) is 25.7 Å². The van der Waals surface area contributed by atoms with E-state index in [1.54, 1.807) is 0 Å². The molecule has 1 atom stereocenters. The zero-order chi connectivity index (χ0) is 9.97. The van der Waals surface area contributed by atoms with E-state index in [9.17, 15) is 0 Å². The molecule has 0 radical (unpaired) electrons. The van der Waals surface area contributed by atoms with E-state index < -0.39 is 0 Å². The molecule has 2 rings (SSSR count). The number of hydrogen-bond donors (Lipinski definition) is 3. The minimum Gasteiger partial charge on any atom is -0.301 e. The Labute approximate surface area is 94.6 Å². The highest BCUT2D eigenvalue weighted by atomic mass is 32.1. The first-order chi connectivity index (χ1) is 6.75. The maximum absolute atomic E-state index is 4.45. The fourth-order valence-electron chi connectivity index (χ4n) is 2.48. The number of thiol groups is 1. The Morgan fingerprint density at radius 3 is 2.14 bits per heavy atom. The maximum Gasteiger partial charge on any atom is 0.0601 e. The van der Waals surface area contributed by atoms with E-state index >= 15 is 0 Å². The second-order valence-electron chi connectivity index (χ2n) is 4.62. The molecule has 2 nitrogen and oxygen atoms in total. The largest absolute Gasteiger partial charge is 0.301 e. The summed E-state index contributed by atoms with van der Waals surface area (Å²) in [6, 6.07) is 0. The highest BCUT2D eigenvalue weighted by Crippen LogP contribution is 2.30. The van der Waals surface area contributed by atoms with Crippen molar-refractivity contribution >= 4 is 21.9 Å². The quantitative estimate of drug-likeness (QED) is 0.468. The highest BCUT2D eigenvalue weighted by Gasteiger charge is 2.28. The summed E-state index contributed by atoms with van der Waals surface area (Å²) in [4.78, 5) is 0. The fraction of sp³-hybridized carbons (Fsp3) is 1.00. The molecule has 0 spiro atoms. The van der Waals surface area contributed by atoms with Gasteiger partial charge in [-0.2, -0.15) is 12.6 Å². The second-order valence-corrected chi connectivity index (χ2v) is 6.30. The molecule has 1 aliphatic heterocycles. The summed E-state index contributed by atoms with van der Waals surface area (Å²) in [7, 11) is 2.96. The van der Waals surface area contributed by atoms with Gasteiger partial charge in [-0.1, -0.05) is 0 Å². The molecule has 1 saturated heterocycles. The van der Waals surface area contributed by atoms with Gasteiger partial charge in [0.15, 0.2) is 0 Å². The van der Waals surface area contributed by atoms with Crippen molar-refractivity contribution in [1.82, 2.24) is 10.6 Å². The molecule has 0 amide bonds. The second kappa shape index (κ2) is 5.16. The normalized spacial score (nSPS) is 45.0. The van der Waals surface area contributed by atoms with Gasteiger partial charge in [-0.05, 0) is 37.3 Å². The molecule has 0 aromatic carbocycles. The van der Waals surface area contributed by atoms with Crippen LogP contribution in [-0.4, -0.2) is 30.2 Å². The number of hydrogen-bond acceptors (Lipinski definition) is 3. The van der Waals surface area contributed by atoms with Gasteiger partial charge in [-0.15, -0.1) is 9.24 Å². The summed E-state index contributed by atoms with van der Waals surface area (Å²) < 4.78 is 0. The van der Waals surface area contributed by atoms with Crippen molar-refractivity contribution in [2.45, 2.75) is 42.8 Å². The van der Waals surface area contributed by atoms with Gasteiger partial charge in [0.1, 0.15) is 0 Å². The van der Waals surface area contributed by atoms with Crippen LogP contribution in [0.3, 0.4) is 0 Å². The van der Waals surface area contributed by atoms with E-state index in [1.807, 2.05) is 0 Å². The highest BCUT2D eigenvalue weighted by molar-refractivity contribution is 7.81. The molecule has 0 bridgehead atoms. The lowest BCUT2D eigenvalue weighted by atomic mass is 9.86. The topological polar surface area (TPSA) is 24.1 Å². The van der Waals surface area contributed by atoms with Gasteiger partial charge in [0.05, 0.1) is 6.17 Å². The minimum atomic E-state index is 0.490. The molecule has 1 heterocycles. The Morgan fingerprint density at radius 2 is 1.57 bits per heavy atom. The standard InChI is InChI=1S/C10H21N2PS/c13-8-3-1-7(2-4-8)10-11-5-9(14)6-12-10/h7-12,14H,1-6,13H2. The van der Waals surface area contributed by atoms with Crippen LogP contribution < -0.4 is 10.6 Å². The maximum atomic E-state index is 4.45. The van der Waals surface area contributed by atoms with E-state index in [-0.39, 0.29) is 0 Å². The molecule has 1 saturated carbocycles. The molecule has 1 aliphatic carbocycles. The predicted molar refractivity (Wildman–Crippen MR) is 68.0 cm³/mol. The Kier molecular flexibility index (Phi) is 4.12. The van der Waals surface area contributed by atoms with Gasteiger partial charge >= 0.3 is 0 Å². The first kappa shape index (κ1) is 11.2. The molecule has 2 aliphatic rings. The first-order valence-corrected chi connectivity index (χ1v) is 6.84. The van der Waals surface area contributed by atoms with Gasteiger partial charge in [0.25, 0.3) is 0 Å². The van der Waals surface area contributed by atoms with Crippen molar-refractivity contribution in [2.75, 3.05) is 13.1 Å². The molecule has 14 heavy (non-hydrogen) atoms. The van der Waals surface area contributed by atoms with Crippen molar-refractivity contribution in [3.63, 3.8) is 0 Å². The Balaban J connectivity index is 1.78. The molecular weight excluding hydrogens is 211 g/mol. The average molecular weight is 232 g/mol. The third kappa shape index (κ3) is 2.85. The van der Waals surface area contributed by atoms with Crippen molar-refractivity contribution in [2.24, 2.45) is 5.92 Å². The lowest BCUT2D eigenvalue weighted by Gasteiger charge is -2.37. The monoisotopic (exact) mass is 232 g/mol. The smallest absolute Gasteiger partial charge is 0.0601 e. The zero-order valence-electron chi connectivity index (χ0n) is 8.58. The lowest BCUT2D eigenvalue weighted by molar-refractivity contribution is 0.220. The molecular formula is C10H21N2PS. The minimum absolute atomic E-state index is 0.490. The van der Waals surface area contributed by atoms with Crippen LogP contribution in [0, 0.1) is 5.92 Å². The summed E-state index contributed by atoms with van der Waals surface area (Å²) in [6.45, 7) is 2.11. The van der Waals surface area contributed by atoms with Gasteiger partial charge in [-0.25, -0.2) is 0 Å². The predicted octanol–water partition coefficient (Wildman–Crippen LogP) is 1.24. The summed E-state index contributed by atoms with van der Waals surface area (Å²) >= 11 is 4.45. The molecule has 2 N–H and O–H groups in total. The average Bonchev–Trinajstić information content (AvgIpc) is 2.21. The molecule has 0 aromatic heterocycles. The molecule has 1 unspecified atom stereocenters. The van der Waals surface area contributed by atoms with Crippen molar-refractivity contribution in [3.05, 3.63) is 0 Å². The summed E-state index contributed by atoms with van der Waals surface area (Å²) in [5.74, 6) is 0.840. The van der Waals surface area contributed by atoms with E-state index in [4.69, 9.17) is 0 Å². The van der Waals surface area contributed by atoms with E-state index in [1.165, 1.54) is 25.7 Å². The van der Waals surface area contributed by atoms with Crippen LogP contribution in [0.2, 0.25) is 0 Å². The Bertz CT molecular complexity index is 155. The molecule has 2 fully saturated rings.